The van der Waals surface area contributed by atoms with Crippen LogP contribution < -0.4 is 5.32 Å². The maximum absolute atomic E-state index is 7.00. The van der Waals surface area contributed by atoms with Crippen LogP contribution in [-0.4, -0.2) is 23.7 Å². The number of aromatic amines is 1. The smallest absolute Gasteiger partial charge is 0.0459 e. The number of aliphatic hydroxyl groups is 1. The Kier molecular flexibility index (Phi) is 3.27. The molecule has 3 heteroatoms. The van der Waals surface area contributed by atoms with Crippen molar-refractivity contribution in [2.24, 2.45) is 0 Å². The molecule has 0 fully saturated rings. The molecule has 1 atom stereocenters. The molecule has 2 aromatic rings. The van der Waals surface area contributed by atoms with Crippen LogP contribution in [0.1, 0.15) is 24.2 Å². The fraction of sp³-hybridized carbons (Fsp3) is 0.385. The van der Waals surface area contributed by atoms with Gasteiger partial charge in [-0.15, -0.1) is 0 Å². The highest BCUT2D eigenvalue weighted by Gasteiger charge is 2.19. The van der Waals surface area contributed by atoms with E-state index in [0.29, 0.717) is 6.04 Å². The SMILES string of the molecule is CC1NCCc2c1[nH]c1ccccc21.CO. The number of nitrogens with one attached hydrogen (secondary N) is 2. The Morgan fingerprint density at radius 2 is 2.00 bits per heavy atom. The average molecular weight is 218 g/mol. The first-order chi connectivity index (χ1) is 7.86. The number of para-hydroxylation sites is 1. The van der Waals surface area contributed by atoms with E-state index >= 15 is 0 Å². The van der Waals surface area contributed by atoms with Crippen LogP contribution in [0.25, 0.3) is 10.9 Å². The maximum Gasteiger partial charge on any atom is 0.0459 e. The lowest BCUT2D eigenvalue weighted by molar-refractivity contribution is 0.399. The normalized spacial score (nSPS) is 18.8. The zero-order valence-corrected chi connectivity index (χ0v) is 9.75. The van der Waals surface area contributed by atoms with E-state index in [1.807, 2.05) is 0 Å². The minimum atomic E-state index is 0.464. The average Bonchev–Trinajstić information content (AvgIpc) is 2.72. The molecule has 2 heterocycles. The Bertz CT molecular complexity index is 476. The van der Waals surface area contributed by atoms with E-state index in [1.165, 1.54) is 22.2 Å². The van der Waals surface area contributed by atoms with Crippen molar-refractivity contribution in [3.05, 3.63) is 35.5 Å². The quantitative estimate of drug-likeness (QED) is 0.633. The summed E-state index contributed by atoms with van der Waals surface area (Å²) in [5, 5.41) is 11.9. The second-order valence-corrected chi connectivity index (χ2v) is 3.99. The Hall–Kier alpha value is -1.32. The second kappa shape index (κ2) is 4.68. The van der Waals surface area contributed by atoms with E-state index in [4.69, 9.17) is 5.11 Å². The van der Waals surface area contributed by atoms with Gasteiger partial charge in [-0.25, -0.2) is 0 Å². The zero-order valence-electron chi connectivity index (χ0n) is 9.75. The van der Waals surface area contributed by atoms with E-state index in [1.54, 1.807) is 0 Å². The Labute approximate surface area is 95.5 Å². The molecule has 1 aliphatic heterocycles. The highest BCUT2D eigenvalue weighted by molar-refractivity contribution is 5.85. The summed E-state index contributed by atoms with van der Waals surface area (Å²) in [6.45, 7) is 3.31. The topological polar surface area (TPSA) is 48.0 Å². The minimum absolute atomic E-state index is 0.464. The molecule has 0 amide bonds. The van der Waals surface area contributed by atoms with E-state index in [-0.39, 0.29) is 0 Å². The third-order valence-electron chi connectivity index (χ3n) is 3.11. The summed E-state index contributed by atoms with van der Waals surface area (Å²) in [5.41, 5.74) is 4.15. The van der Waals surface area contributed by atoms with Crippen molar-refractivity contribution in [2.45, 2.75) is 19.4 Å². The molecular weight excluding hydrogens is 200 g/mol. The molecule has 3 rings (SSSR count). The largest absolute Gasteiger partial charge is 0.400 e. The third-order valence-corrected chi connectivity index (χ3v) is 3.11. The molecule has 0 aliphatic carbocycles. The van der Waals surface area contributed by atoms with Crippen molar-refractivity contribution < 1.29 is 5.11 Å². The lowest BCUT2D eigenvalue weighted by Crippen LogP contribution is -2.27. The van der Waals surface area contributed by atoms with E-state index < -0.39 is 0 Å². The maximum atomic E-state index is 7.00. The summed E-state index contributed by atoms with van der Waals surface area (Å²) in [4.78, 5) is 3.50. The summed E-state index contributed by atoms with van der Waals surface area (Å²) < 4.78 is 0. The van der Waals surface area contributed by atoms with Gasteiger partial charge in [-0.05, 0) is 31.5 Å². The number of benzene rings is 1. The molecule has 0 radical (unpaired) electrons. The molecule has 1 unspecified atom stereocenters. The van der Waals surface area contributed by atoms with E-state index in [2.05, 4.69) is 41.5 Å². The van der Waals surface area contributed by atoms with Crippen LogP contribution in [0.4, 0.5) is 0 Å². The van der Waals surface area contributed by atoms with Gasteiger partial charge in [0.15, 0.2) is 0 Å². The first-order valence-corrected chi connectivity index (χ1v) is 5.64. The van der Waals surface area contributed by atoms with Gasteiger partial charge in [0.1, 0.15) is 0 Å². The van der Waals surface area contributed by atoms with Gasteiger partial charge >= 0.3 is 0 Å². The third kappa shape index (κ3) is 1.72. The van der Waals surface area contributed by atoms with E-state index in [0.717, 1.165) is 20.1 Å². The van der Waals surface area contributed by atoms with Crippen LogP contribution in [0, 0.1) is 0 Å². The molecule has 16 heavy (non-hydrogen) atoms. The van der Waals surface area contributed by atoms with Crippen LogP contribution >= 0.6 is 0 Å². The summed E-state index contributed by atoms with van der Waals surface area (Å²) in [5.74, 6) is 0. The van der Waals surface area contributed by atoms with Gasteiger partial charge in [-0.2, -0.15) is 0 Å². The predicted molar refractivity (Wildman–Crippen MR) is 66.6 cm³/mol. The van der Waals surface area contributed by atoms with Crippen molar-refractivity contribution in [2.75, 3.05) is 13.7 Å². The van der Waals surface area contributed by atoms with Gasteiger partial charge in [0.25, 0.3) is 0 Å². The molecule has 0 saturated carbocycles. The summed E-state index contributed by atoms with van der Waals surface area (Å²) in [6, 6.07) is 9.03. The van der Waals surface area contributed by atoms with Gasteiger partial charge in [-0.3, -0.25) is 0 Å². The van der Waals surface area contributed by atoms with Crippen molar-refractivity contribution in [1.29, 1.82) is 0 Å². The molecule has 86 valence electrons. The Balaban J connectivity index is 0.000000457. The molecule has 0 saturated heterocycles. The molecule has 1 aromatic carbocycles. The van der Waals surface area contributed by atoms with Gasteiger partial charge in [0, 0.05) is 29.7 Å². The monoisotopic (exact) mass is 218 g/mol. The van der Waals surface area contributed by atoms with Crippen LogP contribution in [0.2, 0.25) is 0 Å². The van der Waals surface area contributed by atoms with Crippen molar-refractivity contribution in [3.63, 3.8) is 0 Å². The van der Waals surface area contributed by atoms with Gasteiger partial charge in [0.2, 0.25) is 0 Å². The highest BCUT2D eigenvalue weighted by atomic mass is 16.2. The van der Waals surface area contributed by atoms with Gasteiger partial charge in [-0.1, -0.05) is 18.2 Å². The molecule has 1 aliphatic rings. The first kappa shape index (κ1) is 11.2. The molecule has 0 spiro atoms. The van der Waals surface area contributed by atoms with E-state index in [9.17, 15) is 0 Å². The summed E-state index contributed by atoms with van der Waals surface area (Å²) in [6.07, 6.45) is 1.14. The Morgan fingerprint density at radius 1 is 1.25 bits per heavy atom. The Morgan fingerprint density at radius 3 is 2.81 bits per heavy atom. The molecule has 3 N–H and O–H groups in total. The lowest BCUT2D eigenvalue weighted by atomic mass is 10.0. The van der Waals surface area contributed by atoms with Crippen LogP contribution in [-0.2, 0) is 6.42 Å². The molecule has 1 aromatic heterocycles. The second-order valence-electron chi connectivity index (χ2n) is 3.99. The molecule has 3 nitrogen and oxygen atoms in total. The molecular formula is C13H18N2O. The fourth-order valence-corrected chi connectivity index (χ4v) is 2.38. The predicted octanol–water partition coefficient (Wildman–Crippen LogP) is 1.98. The minimum Gasteiger partial charge on any atom is -0.400 e. The number of aliphatic hydroxyl groups excluding tert-OH is 1. The summed E-state index contributed by atoms with van der Waals surface area (Å²) in [7, 11) is 1.00. The highest BCUT2D eigenvalue weighted by Crippen LogP contribution is 2.29. The molecule has 0 bridgehead atoms. The number of rotatable bonds is 0. The van der Waals surface area contributed by atoms with Crippen LogP contribution in [0.15, 0.2) is 24.3 Å². The van der Waals surface area contributed by atoms with Crippen LogP contribution in [0.3, 0.4) is 0 Å². The van der Waals surface area contributed by atoms with Crippen molar-refractivity contribution in [1.82, 2.24) is 10.3 Å². The summed E-state index contributed by atoms with van der Waals surface area (Å²) >= 11 is 0. The first-order valence-electron chi connectivity index (χ1n) is 5.64. The van der Waals surface area contributed by atoms with Crippen LogP contribution in [0.5, 0.6) is 0 Å². The number of hydrogen-bond acceptors (Lipinski definition) is 2. The standard InChI is InChI=1S/C12H14N2.CH4O/c1-8-12-10(6-7-13-8)9-4-2-3-5-11(9)14-12;1-2/h2-5,8,13-14H,6-7H2,1H3;2H,1H3. The number of aromatic nitrogens is 1. The number of fused-ring (bicyclic) bond motifs is 3. The van der Waals surface area contributed by atoms with Crippen molar-refractivity contribution in [3.8, 4) is 0 Å². The zero-order chi connectivity index (χ0) is 11.5. The van der Waals surface area contributed by atoms with Crippen molar-refractivity contribution >= 4 is 10.9 Å². The fourth-order valence-electron chi connectivity index (χ4n) is 2.38. The lowest BCUT2D eigenvalue weighted by Gasteiger charge is -2.20. The number of hydrogen-bond donors (Lipinski definition) is 3. The van der Waals surface area contributed by atoms with Gasteiger partial charge in [0.05, 0.1) is 0 Å². The number of H-pyrrole nitrogens is 1. The van der Waals surface area contributed by atoms with Gasteiger partial charge < -0.3 is 15.4 Å².